The van der Waals surface area contributed by atoms with Gasteiger partial charge in [0.05, 0.1) is 28.6 Å². The molecule has 1 N–H and O–H groups in total. The number of carbonyl (C=O) groups is 1. The first-order valence-corrected chi connectivity index (χ1v) is 8.50. The number of rotatable bonds is 8. The summed E-state index contributed by atoms with van der Waals surface area (Å²) in [5.74, 6) is -0.326. The molecule has 0 aromatic heterocycles. The van der Waals surface area contributed by atoms with Crippen molar-refractivity contribution in [2.45, 2.75) is 13.8 Å². The van der Waals surface area contributed by atoms with E-state index in [0.717, 1.165) is 6.07 Å². The molecule has 0 spiro atoms. The largest absolute Gasteiger partial charge is 0.496 e. The Kier molecular flexibility index (Phi) is 6.48. The predicted octanol–water partition coefficient (Wildman–Crippen LogP) is 3.61. The summed E-state index contributed by atoms with van der Waals surface area (Å²) in [4.78, 5) is 35.8. The van der Waals surface area contributed by atoms with E-state index in [4.69, 9.17) is 4.74 Å². The molecule has 2 aromatic rings. The maximum Gasteiger partial charge on any atom is 0.299 e. The standard InChI is InChI=1S/C18H20N4O6/c1-4-20(5-2)15-10-13(14(21(24)25)11-16(15)22(26)27)19-18(23)12-8-6-7-9-17(12)28-3/h6-11H,4-5H2,1-3H3,(H,19,23). The second-order valence-electron chi connectivity index (χ2n) is 5.70. The fraction of sp³-hybridized carbons (Fsp3) is 0.278. The topological polar surface area (TPSA) is 128 Å². The fourth-order valence-electron chi connectivity index (χ4n) is 2.80. The van der Waals surface area contributed by atoms with Gasteiger partial charge in [0.2, 0.25) is 0 Å². The number of para-hydroxylation sites is 1. The minimum Gasteiger partial charge on any atom is -0.496 e. The van der Waals surface area contributed by atoms with Crippen LogP contribution in [0.1, 0.15) is 24.2 Å². The number of anilines is 2. The van der Waals surface area contributed by atoms with Gasteiger partial charge in [-0.05, 0) is 32.0 Å². The SMILES string of the molecule is CCN(CC)c1cc(NC(=O)c2ccccc2OC)c([N+](=O)[O-])cc1[N+](=O)[O-]. The molecule has 0 unspecified atom stereocenters. The summed E-state index contributed by atoms with van der Waals surface area (Å²) < 4.78 is 5.14. The molecule has 0 bridgehead atoms. The summed E-state index contributed by atoms with van der Waals surface area (Å²) in [6.45, 7) is 4.52. The first-order valence-electron chi connectivity index (χ1n) is 8.50. The number of ether oxygens (including phenoxy) is 1. The smallest absolute Gasteiger partial charge is 0.299 e. The van der Waals surface area contributed by atoms with Crippen LogP contribution < -0.4 is 15.0 Å². The Balaban J connectivity index is 2.58. The molecule has 28 heavy (non-hydrogen) atoms. The maximum absolute atomic E-state index is 12.6. The second-order valence-corrected chi connectivity index (χ2v) is 5.70. The van der Waals surface area contributed by atoms with E-state index in [1.54, 1.807) is 23.1 Å². The lowest BCUT2D eigenvalue weighted by atomic mass is 10.1. The lowest BCUT2D eigenvalue weighted by Crippen LogP contribution is -2.23. The first kappa shape index (κ1) is 20.6. The fourth-order valence-corrected chi connectivity index (χ4v) is 2.80. The zero-order valence-corrected chi connectivity index (χ0v) is 15.7. The van der Waals surface area contributed by atoms with Crippen LogP contribution in [0.2, 0.25) is 0 Å². The molecule has 0 radical (unpaired) electrons. The summed E-state index contributed by atoms with van der Waals surface area (Å²) in [6.07, 6.45) is 0. The van der Waals surface area contributed by atoms with Crippen molar-refractivity contribution in [3.05, 3.63) is 62.2 Å². The zero-order chi connectivity index (χ0) is 20.8. The van der Waals surface area contributed by atoms with E-state index in [1.807, 2.05) is 13.8 Å². The molecule has 0 aliphatic carbocycles. The molecule has 148 valence electrons. The number of nitro benzene ring substituents is 2. The molecular weight excluding hydrogens is 368 g/mol. The van der Waals surface area contributed by atoms with Crippen LogP contribution in [-0.2, 0) is 0 Å². The highest BCUT2D eigenvalue weighted by Gasteiger charge is 2.28. The highest BCUT2D eigenvalue weighted by atomic mass is 16.6. The Labute approximate surface area is 161 Å². The summed E-state index contributed by atoms with van der Waals surface area (Å²) in [6, 6.07) is 8.53. The van der Waals surface area contributed by atoms with Gasteiger partial charge in [-0.1, -0.05) is 12.1 Å². The molecule has 0 saturated heterocycles. The number of hydrogen-bond donors (Lipinski definition) is 1. The van der Waals surface area contributed by atoms with Crippen LogP contribution in [0.5, 0.6) is 5.75 Å². The number of nitro groups is 2. The molecule has 0 saturated carbocycles. The van der Waals surface area contributed by atoms with Gasteiger partial charge in [0, 0.05) is 13.1 Å². The van der Waals surface area contributed by atoms with Gasteiger partial charge in [-0.3, -0.25) is 25.0 Å². The molecule has 10 heteroatoms. The number of carbonyl (C=O) groups excluding carboxylic acids is 1. The average molecular weight is 388 g/mol. The average Bonchev–Trinajstić information content (AvgIpc) is 2.68. The van der Waals surface area contributed by atoms with Crippen molar-refractivity contribution in [3.8, 4) is 5.75 Å². The number of methoxy groups -OCH3 is 1. The van der Waals surface area contributed by atoms with Gasteiger partial charge in [0.25, 0.3) is 17.3 Å². The summed E-state index contributed by atoms with van der Waals surface area (Å²) in [7, 11) is 1.40. The van der Waals surface area contributed by atoms with Crippen LogP contribution in [0.3, 0.4) is 0 Å². The molecule has 2 rings (SSSR count). The molecule has 0 aliphatic heterocycles. The van der Waals surface area contributed by atoms with E-state index in [-0.39, 0.29) is 16.9 Å². The maximum atomic E-state index is 12.6. The molecule has 0 heterocycles. The van der Waals surface area contributed by atoms with E-state index in [1.165, 1.54) is 19.2 Å². The first-order chi connectivity index (χ1) is 13.3. The van der Waals surface area contributed by atoms with Crippen molar-refractivity contribution in [2.75, 3.05) is 30.4 Å². The highest BCUT2D eigenvalue weighted by Crippen LogP contribution is 2.38. The van der Waals surface area contributed by atoms with Crippen LogP contribution in [-0.4, -0.2) is 36.0 Å². The molecule has 2 aromatic carbocycles. The third kappa shape index (κ3) is 4.17. The van der Waals surface area contributed by atoms with Gasteiger partial charge in [-0.25, -0.2) is 0 Å². The monoisotopic (exact) mass is 388 g/mol. The Morgan fingerprint density at radius 2 is 1.68 bits per heavy atom. The second kappa shape index (κ2) is 8.80. The van der Waals surface area contributed by atoms with Crippen molar-refractivity contribution < 1.29 is 19.4 Å². The van der Waals surface area contributed by atoms with Crippen LogP contribution in [0.25, 0.3) is 0 Å². The number of nitrogens with zero attached hydrogens (tertiary/aromatic N) is 3. The minimum absolute atomic E-state index is 0.131. The molecule has 10 nitrogen and oxygen atoms in total. The van der Waals surface area contributed by atoms with E-state index in [9.17, 15) is 25.0 Å². The number of nitrogens with one attached hydrogen (secondary N) is 1. The van der Waals surface area contributed by atoms with E-state index >= 15 is 0 Å². The van der Waals surface area contributed by atoms with Gasteiger partial charge in [-0.15, -0.1) is 0 Å². The van der Waals surface area contributed by atoms with Crippen LogP contribution in [0.4, 0.5) is 22.7 Å². The molecule has 1 amide bonds. The van der Waals surface area contributed by atoms with Gasteiger partial charge >= 0.3 is 0 Å². The Morgan fingerprint density at radius 1 is 1.07 bits per heavy atom. The highest BCUT2D eigenvalue weighted by molar-refractivity contribution is 6.07. The zero-order valence-electron chi connectivity index (χ0n) is 15.7. The van der Waals surface area contributed by atoms with Gasteiger partial charge < -0.3 is 15.0 Å². The lowest BCUT2D eigenvalue weighted by molar-refractivity contribution is -0.393. The lowest BCUT2D eigenvalue weighted by Gasteiger charge is -2.21. The Morgan fingerprint density at radius 3 is 2.21 bits per heavy atom. The van der Waals surface area contributed by atoms with Crippen molar-refractivity contribution in [1.82, 2.24) is 0 Å². The Bertz CT molecular complexity index is 911. The third-order valence-corrected chi connectivity index (χ3v) is 4.19. The van der Waals surface area contributed by atoms with Crippen molar-refractivity contribution in [1.29, 1.82) is 0 Å². The summed E-state index contributed by atoms with van der Waals surface area (Å²) in [5.41, 5.74) is -0.720. The quantitative estimate of drug-likeness (QED) is 0.540. The van der Waals surface area contributed by atoms with Crippen molar-refractivity contribution in [3.63, 3.8) is 0 Å². The van der Waals surface area contributed by atoms with Gasteiger partial charge in [0.1, 0.15) is 17.1 Å². The van der Waals surface area contributed by atoms with Crippen LogP contribution >= 0.6 is 0 Å². The van der Waals surface area contributed by atoms with Crippen LogP contribution in [0.15, 0.2) is 36.4 Å². The molecule has 0 fully saturated rings. The van der Waals surface area contributed by atoms with Crippen molar-refractivity contribution in [2.24, 2.45) is 0 Å². The Hall–Kier alpha value is -3.69. The summed E-state index contributed by atoms with van der Waals surface area (Å²) in [5, 5.41) is 25.4. The number of amides is 1. The van der Waals surface area contributed by atoms with E-state index in [2.05, 4.69) is 5.32 Å². The predicted molar refractivity (Wildman–Crippen MR) is 104 cm³/mol. The third-order valence-electron chi connectivity index (χ3n) is 4.19. The van der Waals surface area contributed by atoms with Crippen LogP contribution in [0, 0.1) is 20.2 Å². The number of benzene rings is 2. The number of hydrogen-bond acceptors (Lipinski definition) is 7. The normalized spacial score (nSPS) is 10.2. The minimum atomic E-state index is -0.767. The van der Waals surface area contributed by atoms with E-state index < -0.39 is 27.1 Å². The van der Waals surface area contributed by atoms with E-state index in [0.29, 0.717) is 18.8 Å². The molecule has 0 aliphatic rings. The van der Waals surface area contributed by atoms with Gasteiger partial charge in [-0.2, -0.15) is 0 Å². The molecular formula is C18H20N4O6. The van der Waals surface area contributed by atoms with Gasteiger partial charge in [0.15, 0.2) is 0 Å². The van der Waals surface area contributed by atoms with Crippen molar-refractivity contribution >= 4 is 28.7 Å². The summed E-state index contributed by atoms with van der Waals surface area (Å²) >= 11 is 0. The molecule has 0 atom stereocenters.